The summed E-state index contributed by atoms with van der Waals surface area (Å²) in [4.78, 5) is 0. The zero-order chi connectivity index (χ0) is 14.6. The Kier molecular flexibility index (Phi) is 9.19. The number of hydrogen-bond acceptors (Lipinski definition) is 5. The van der Waals surface area contributed by atoms with Gasteiger partial charge in [-0.25, -0.2) is 0 Å². The molecule has 0 fully saturated rings. The average Bonchev–Trinajstić information content (AvgIpc) is 2.87. The van der Waals surface area contributed by atoms with E-state index in [9.17, 15) is 0 Å². The lowest BCUT2D eigenvalue weighted by Gasteiger charge is -2.10. The van der Waals surface area contributed by atoms with E-state index in [1.807, 2.05) is 0 Å². The maximum absolute atomic E-state index is 6.09. The Morgan fingerprint density at radius 3 is 2.00 bits per heavy atom. The largest absolute Gasteiger partial charge is 0.330 e. The van der Waals surface area contributed by atoms with Gasteiger partial charge < -0.3 is 17.2 Å². The molecule has 0 aliphatic heterocycles. The maximum Gasteiger partial charge on any atom is 0.0856 e. The number of aromatic nitrogens is 3. The minimum Gasteiger partial charge on any atom is -0.330 e. The first-order chi connectivity index (χ1) is 9.77. The van der Waals surface area contributed by atoms with Gasteiger partial charge in [0.2, 0.25) is 0 Å². The maximum atomic E-state index is 6.09. The second-order valence-electron chi connectivity index (χ2n) is 5.40. The van der Waals surface area contributed by atoms with Crippen LogP contribution in [0.1, 0.15) is 56.3 Å². The SMILES string of the molecule is NCCCCc1n[nH]nc1CCCC(N)CCCCN. The van der Waals surface area contributed by atoms with Gasteiger partial charge in [0.15, 0.2) is 0 Å². The number of rotatable bonds is 12. The van der Waals surface area contributed by atoms with E-state index in [2.05, 4.69) is 15.4 Å². The summed E-state index contributed by atoms with van der Waals surface area (Å²) in [6, 6.07) is 0.286. The Hall–Kier alpha value is -0.980. The number of unbranched alkanes of at least 4 members (excludes halogenated alkanes) is 2. The first kappa shape index (κ1) is 17.1. The van der Waals surface area contributed by atoms with Crippen molar-refractivity contribution in [1.82, 2.24) is 15.4 Å². The highest BCUT2D eigenvalue weighted by molar-refractivity contribution is 5.08. The normalized spacial score (nSPS) is 12.8. The van der Waals surface area contributed by atoms with Crippen LogP contribution < -0.4 is 17.2 Å². The van der Waals surface area contributed by atoms with Gasteiger partial charge in [-0.15, -0.1) is 0 Å². The van der Waals surface area contributed by atoms with Crippen LogP contribution in [0.15, 0.2) is 0 Å². The monoisotopic (exact) mass is 282 g/mol. The Morgan fingerprint density at radius 1 is 0.800 bits per heavy atom. The van der Waals surface area contributed by atoms with Gasteiger partial charge in [-0.2, -0.15) is 15.4 Å². The number of hydrogen-bond donors (Lipinski definition) is 4. The van der Waals surface area contributed by atoms with Crippen molar-refractivity contribution in [3.05, 3.63) is 11.4 Å². The molecule has 0 saturated heterocycles. The second kappa shape index (κ2) is 10.8. The summed E-state index contributed by atoms with van der Waals surface area (Å²) >= 11 is 0. The summed E-state index contributed by atoms with van der Waals surface area (Å²) in [6.45, 7) is 1.50. The Labute approximate surface area is 121 Å². The third kappa shape index (κ3) is 6.98. The summed E-state index contributed by atoms with van der Waals surface area (Å²) in [6.07, 6.45) is 9.42. The second-order valence-corrected chi connectivity index (χ2v) is 5.40. The van der Waals surface area contributed by atoms with Gasteiger partial charge in [-0.05, 0) is 64.5 Å². The number of aromatic amines is 1. The van der Waals surface area contributed by atoms with E-state index in [1.54, 1.807) is 0 Å². The molecule has 20 heavy (non-hydrogen) atoms. The topological polar surface area (TPSA) is 120 Å². The standard InChI is InChI=1S/C14H30N6/c15-10-3-1-6-12(17)7-5-9-14-13(18-20-19-14)8-2-4-11-16/h12H,1-11,15-17H2,(H,18,19,20). The Balaban J connectivity index is 2.19. The van der Waals surface area contributed by atoms with Gasteiger partial charge in [-0.1, -0.05) is 6.42 Å². The first-order valence-electron chi connectivity index (χ1n) is 7.82. The Morgan fingerprint density at radius 2 is 1.35 bits per heavy atom. The zero-order valence-corrected chi connectivity index (χ0v) is 12.5. The van der Waals surface area contributed by atoms with Crippen LogP contribution in [0, 0.1) is 0 Å². The van der Waals surface area contributed by atoms with E-state index < -0.39 is 0 Å². The molecule has 0 spiro atoms. The van der Waals surface area contributed by atoms with Crippen molar-refractivity contribution >= 4 is 0 Å². The van der Waals surface area contributed by atoms with Crippen LogP contribution >= 0.6 is 0 Å². The van der Waals surface area contributed by atoms with Gasteiger partial charge in [0, 0.05) is 6.04 Å². The van der Waals surface area contributed by atoms with Crippen molar-refractivity contribution in [2.75, 3.05) is 13.1 Å². The number of H-pyrrole nitrogens is 1. The van der Waals surface area contributed by atoms with E-state index in [4.69, 9.17) is 17.2 Å². The lowest BCUT2D eigenvalue weighted by Crippen LogP contribution is -2.20. The fourth-order valence-corrected chi connectivity index (χ4v) is 2.34. The molecule has 1 atom stereocenters. The molecule has 0 aliphatic rings. The van der Waals surface area contributed by atoms with E-state index in [1.165, 1.54) is 0 Å². The van der Waals surface area contributed by atoms with Gasteiger partial charge in [-0.3, -0.25) is 0 Å². The number of nitrogens with two attached hydrogens (primary N) is 3. The third-order valence-electron chi connectivity index (χ3n) is 3.59. The van der Waals surface area contributed by atoms with E-state index >= 15 is 0 Å². The molecule has 7 N–H and O–H groups in total. The molecule has 1 unspecified atom stereocenters. The van der Waals surface area contributed by atoms with Crippen molar-refractivity contribution in [1.29, 1.82) is 0 Å². The van der Waals surface area contributed by atoms with E-state index in [-0.39, 0.29) is 6.04 Å². The lowest BCUT2D eigenvalue weighted by molar-refractivity contribution is 0.516. The lowest BCUT2D eigenvalue weighted by atomic mass is 10.0. The molecule has 1 aromatic heterocycles. The number of nitrogens with one attached hydrogen (secondary N) is 1. The van der Waals surface area contributed by atoms with Crippen molar-refractivity contribution < 1.29 is 0 Å². The molecule has 1 rings (SSSR count). The molecule has 0 bridgehead atoms. The molecule has 6 heteroatoms. The smallest absolute Gasteiger partial charge is 0.0856 e. The van der Waals surface area contributed by atoms with Crippen molar-refractivity contribution in [3.63, 3.8) is 0 Å². The molecule has 0 radical (unpaired) electrons. The molecule has 1 aromatic rings. The van der Waals surface area contributed by atoms with Crippen LogP contribution in [0.4, 0.5) is 0 Å². The minimum atomic E-state index is 0.286. The highest BCUT2D eigenvalue weighted by Crippen LogP contribution is 2.11. The van der Waals surface area contributed by atoms with Crippen molar-refractivity contribution in [2.45, 2.75) is 63.8 Å². The van der Waals surface area contributed by atoms with Crippen LogP contribution in [0.5, 0.6) is 0 Å². The van der Waals surface area contributed by atoms with Gasteiger partial charge in [0.05, 0.1) is 11.4 Å². The van der Waals surface area contributed by atoms with E-state index in [0.717, 1.165) is 82.3 Å². The summed E-state index contributed by atoms with van der Waals surface area (Å²) in [7, 11) is 0. The molecule has 1 heterocycles. The molecule has 0 amide bonds. The molecular weight excluding hydrogens is 252 g/mol. The fourth-order valence-electron chi connectivity index (χ4n) is 2.34. The average molecular weight is 282 g/mol. The molecule has 116 valence electrons. The van der Waals surface area contributed by atoms with Crippen molar-refractivity contribution in [3.8, 4) is 0 Å². The summed E-state index contributed by atoms with van der Waals surface area (Å²) in [5.41, 5.74) is 19.3. The Bertz CT molecular complexity index is 338. The minimum absolute atomic E-state index is 0.286. The molecular formula is C14H30N6. The number of nitrogens with zero attached hydrogens (tertiary/aromatic N) is 2. The molecule has 0 aliphatic carbocycles. The number of aryl methyl sites for hydroxylation is 2. The quantitative estimate of drug-likeness (QED) is 0.424. The summed E-state index contributed by atoms with van der Waals surface area (Å²) in [5, 5.41) is 11.2. The van der Waals surface area contributed by atoms with Gasteiger partial charge in [0.1, 0.15) is 0 Å². The first-order valence-corrected chi connectivity index (χ1v) is 7.82. The van der Waals surface area contributed by atoms with Crippen LogP contribution in [0.25, 0.3) is 0 Å². The van der Waals surface area contributed by atoms with Crippen LogP contribution in [-0.4, -0.2) is 34.5 Å². The van der Waals surface area contributed by atoms with Crippen LogP contribution in [0.2, 0.25) is 0 Å². The summed E-state index contributed by atoms with van der Waals surface area (Å²) < 4.78 is 0. The highest BCUT2D eigenvalue weighted by atomic mass is 15.3. The fraction of sp³-hybridized carbons (Fsp3) is 0.857. The van der Waals surface area contributed by atoms with Gasteiger partial charge >= 0.3 is 0 Å². The van der Waals surface area contributed by atoms with Crippen molar-refractivity contribution in [2.24, 2.45) is 17.2 Å². The third-order valence-corrected chi connectivity index (χ3v) is 3.59. The highest BCUT2D eigenvalue weighted by Gasteiger charge is 2.09. The zero-order valence-electron chi connectivity index (χ0n) is 12.5. The van der Waals surface area contributed by atoms with Crippen LogP contribution in [-0.2, 0) is 12.8 Å². The molecule has 0 aromatic carbocycles. The van der Waals surface area contributed by atoms with E-state index in [0.29, 0.717) is 0 Å². The van der Waals surface area contributed by atoms with Gasteiger partial charge in [0.25, 0.3) is 0 Å². The predicted molar refractivity (Wildman–Crippen MR) is 82.2 cm³/mol. The molecule has 6 nitrogen and oxygen atoms in total. The molecule has 0 saturated carbocycles. The van der Waals surface area contributed by atoms with Crippen LogP contribution in [0.3, 0.4) is 0 Å². The summed E-state index contributed by atoms with van der Waals surface area (Å²) in [5.74, 6) is 0. The predicted octanol–water partition coefficient (Wildman–Crippen LogP) is 0.865.